The number of nitrogens with one attached hydrogen (secondary N) is 1. The van der Waals surface area contributed by atoms with E-state index in [0.717, 1.165) is 18.5 Å². The fraction of sp³-hybridized carbons (Fsp3) is 0.900. The minimum absolute atomic E-state index is 0.0874. The largest absolute Gasteiger partial charge is 0.466 e. The second-order valence-corrected chi connectivity index (χ2v) is 4.17. The van der Waals surface area contributed by atoms with E-state index in [-0.39, 0.29) is 5.97 Å². The zero-order chi connectivity index (χ0) is 9.97. The quantitative estimate of drug-likeness (QED) is 0.551. The zero-order valence-electron chi connectivity index (χ0n) is 8.66. The Morgan fingerprint density at radius 1 is 1.64 bits per heavy atom. The van der Waals surface area contributed by atoms with Crippen LogP contribution in [0.2, 0.25) is 0 Å². The van der Waals surface area contributed by atoms with E-state index in [1.807, 2.05) is 6.92 Å². The van der Waals surface area contributed by atoms with Crippen LogP contribution in [0.1, 0.15) is 19.8 Å². The van der Waals surface area contributed by atoms with Crippen molar-refractivity contribution in [2.24, 2.45) is 5.92 Å². The van der Waals surface area contributed by atoms with Crippen molar-refractivity contribution >= 4 is 5.97 Å². The van der Waals surface area contributed by atoms with Gasteiger partial charge in [-0.1, -0.05) is 0 Å². The summed E-state index contributed by atoms with van der Waals surface area (Å²) in [5, 5.41) is 5.85. The number of ether oxygens (including phenoxy) is 1. The van der Waals surface area contributed by atoms with Crippen molar-refractivity contribution in [3.05, 3.63) is 0 Å². The third kappa shape index (κ3) is 1.91. The zero-order valence-corrected chi connectivity index (χ0v) is 8.66. The molecule has 4 nitrogen and oxygen atoms in total. The third-order valence-electron chi connectivity index (χ3n) is 3.30. The number of carbonyl (C=O) groups excluding carboxylic acids is 1. The average molecular weight is 199 g/mol. The summed E-state index contributed by atoms with van der Waals surface area (Å²) in [7, 11) is 0. The first-order valence-electron chi connectivity index (χ1n) is 5.53. The molecule has 1 aliphatic carbocycles. The van der Waals surface area contributed by atoms with Gasteiger partial charge in [0.2, 0.25) is 0 Å². The Morgan fingerprint density at radius 2 is 2.50 bits per heavy atom. The van der Waals surface area contributed by atoms with Crippen molar-refractivity contribution in [2.45, 2.75) is 31.8 Å². The molecule has 2 heterocycles. The van der Waals surface area contributed by atoms with Gasteiger partial charge in [-0.25, -0.2) is 0 Å². The SMILES string of the molecule is CCOC(=O)CCNC1C2C[NH2+]C1C2. The molecule has 3 fully saturated rings. The van der Waals surface area contributed by atoms with Crippen molar-refractivity contribution < 1.29 is 14.8 Å². The molecule has 2 saturated heterocycles. The molecule has 2 bridgehead atoms. The molecule has 3 aliphatic rings. The molecule has 3 rings (SSSR count). The van der Waals surface area contributed by atoms with Gasteiger partial charge in [0, 0.05) is 18.9 Å². The van der Waals surface area contributed by atoms with Crippen molar-refractivity contribution in [3.63, 3.8) is 0 Å². The molecule has 1 saturated carbocycles. The van der Waals surface area contributed by atoms with Gasteiger partial charge in [-0.15, -0.1) is 0 Å². The van der Waals surface area contributed by atoms with E-state index in [4.69, 9.17) is 4.74 Å². The lowest BCUT2D eigenvalue weighted by atomic mass is 9.80. The fourth-order valence-electron chi connectivity index (χ4n) is 2.52. The van der Waals surface area contributed by atoms with Crippen LogP contribution in [0.25, 0.3) is 0 Å². The maximum atomic E-state index is 11.0. The predicted molar refractivity (Wildman–Crippen MR) is 51.7 cm³/mol. The number of carbonyl (C=O) groups is 1. The number of quaternary nitrogens is 1. The Hall–Kier alpha value is -0.610. The van der Waals surface area contributed by atoms with Crippen LogP contribution >= 0.6 is 0 Å². The summed E-state index contributed by atoms with van der Waals surface area (Å²) in [6.07, 6.45) is 1.86. The molecule has 2 aliphatic heterocycles. The van der Waals surface area contributed by atoms with Crippen LogP contribution in [-0.4, -0.2) is 37.7 Å². The van der Waals surface area contributed by atoms with Gasteiger partial charge in [0.05, 0.1) is 25.6 Å². The molecular weight excluding hydrogens is 180 g/mol. The molecule has 0 aromatic rings. The van der Waals surface area contributed by atoms with Crippen LogP contribution < -0.4 is 10.6 Å². The summed E-state index contributed by atoms with van der Waals surface area (Å²) in [5.41, 5.74) is 0. The Morgan fingerprint density at radius 3 is 3.07 bits per heavy atom. The first kappa shape index (κ1) is 9.93. The maximum absolute atomic E-state index is 11.0. The highest BCUT2D eigenvalue weighted by atomic mass is 16.5. The summed E-state index contributed by atoms with van der Waals surface area (Å²) in [6.45, 7) is 4.36. The van der Waals surface area contributed by atoms with Gasteiger partial charge in [-0.2, -0.15) is 0 Å². The van der Waals surface area contributed by atoms with Crippen LogP contribution in [0.3, 0.4) is 0 Å². The number of esters is 1. The number of nitrogens with two attached hydrogens (primary N) is 1. The number of rotatable bonds is 5. The normalized spacial score (nSPS) is 33.9. The van der Waals surface area contributed by atoms with Crippen LogP contribution in [0.4, 0.5) is 0 Å². The first-order valence-corrected chi connectivity index (χ1v) is 5.53. The highest BCUT2D eigenvalue weighted by molar-refractivity contribution is 5.69. The van der Waals surface area contributed by atoms with Gasteiger partial charge < -0.3 is 15.4 Å². The molecule has 3 N–H and O–H groups in total. The molecule has 4 heteroatoms. The molecule has 80 valence electrons. The molecular formula is C10H19N2O2+. The highest BCUT2D eigenvalue weighted by Crippen LogP contribution is 2.28. The number of hydrogen-bond acceptors (Lipinski definition) is 3. The van der Waals surface area contributed by atoms with Gasteiger partial charge in [0.1, 0.15) is 6.04 Å². The van der Waals surface area contributed by atoms with E-state index in [9.17, 15) is 4.79 Å². The average Bonchev–Trinajstić information content (AvgIpc) is 2.73. The lowest BCUT2D eigenvalue weighted by Crippen LogP contribution is -2.87. The van der Waals surface area contributed by atoms with E-state index < -0.39 is 0 Å². The lowest BCUT2D eigenvalue weighted by molar-refractivity contribution is -0.659. The van der Waals surface area contributed by atoms with Gasteiger partial charge in [-0.3, -0.25) is 4.79 Å². The first-order chi connectivity index (χ1) is 6.81. The third-order valence-corrected chi connectivity index (χ3v) is 3.30. The lowest BCUT2D eigenvalue weighted by Gasteiger charge is -2.31. The van der Waals surface area contributed by atoms with Crippen molar-refractivity contribution in [3.8, 4) is 0 Å². The van der Waals surface area contributed by atoms with E-state index >= 15 is 0 Å². The molecule has 0 aromatic heterocycles. The Kier molecular flexibility index (Phi) is 3.03. The van der Waals surface area contributed by atoms with Crippen LogP contribution in [0.5, 0.6) is 0 Å². The number of fused-ring (bicyclic) bond motifs is 1. The molecule has 14 heavy (non-hydrogen) atoms. The molecule has 3 atom stereocenters. The van der Waals surface area contributed by atoms with Gasteiger partial charge in [-0.05, 0) is 6.92 Å². The second-order valence-electron chi connectivity index (χ2n) is 4.17. The maximum Gasteiger partial charge on any atom is 0.307 e. The summed E-state index contributed by atoms with van der Waals surface area (Å²) in [5.74, 6) is 0.762. The van der Waals surface area contributed by atoms with Gasteiger partial charge in [0.15, 0.2) is 0 Å². The number of hydrogen-bond donors (Lipinski definition) is 2. The van der Waals surface area contributed by atoms with E-state index in [2.05, 4.69) is 10.6 Å². The Labute approximate surface area is 84.4 Å². The van der Waals surface area contributed by atoms with Crippen molar-refractivity contribution in [1.29, 1.82) is 0 Å². The molecule has 0 spiro atoms. The second kappa shape index (κ2) is 4.28. The smallest absolute Gasteiger partial charge is 0.307 e. The van der Waals surface area contributed by atoms with Gasteiger partial charge in [0.25, 0.3) is 0 Å². The van der Waals surface area contributed by atoms with E-state index in [0.29, 0.717) is 19.1 Å². The standard InChI is InChI=1S/C10H18N2O2/c1-2-14-9(13)3-4-11-10-7-5-8(10)12-6-7/h7-8,10-12H,2-6H2,1H3/p+1. The monoisotopic (exact) mass is 199 g/mol. The summed E-state index contributed by atoms with van der Waals surface area (Å²) < 4.78 is 4.86. The van der Waals surface area contributed by atoms with E-state index in [1.165, 1.54) is 13.0 Å². The van der Waals surface area contributed by atoms with Gasteiger partial charge >= 0.3 is 5.97 Å². The molecule has 3 unspecified atom stereocenters. The van der Waals surface area contributed by atoms with E-state index in [1.54, 1.807) is 0 Å². The van der Waals surface area contributed by atoms with Crippen LogP contribution in [0.15, 0.2) is 0 Å². The van der Waals surface area contributed by atoms with Crippen molar-refractivity contribution in [1.82, 2.24) is 5.32 Å². The highest BCUT2D eigenvalue weighted by Gasteiger charge is 2.50. The minimum atomic E-state index is -0.0874. The Balaban J connectivity index is 1.57. The Bertz CT molecular complexity index is 206. The van der Waals surface area contributed by atoms with Crippen LogP contribution in [0, 0.1) is 5.92 Å². The molecule has 0 radical (unpaired) electrons. The summed E-state index contributed by atoms with van der Waals surface area (Å²) in [6, 6.07) is 1.44. The summed E-state index contributed by atoms with van der Waals surface area (Å²) >= 11 is 0. The summed E-state index contributed by atoms with van der Waals surface area (Å²) in [4.78, 5) is 11.0. The predicted octanol–water partition coefficient (Wildman–Crippen LogP) is -1.14. The fourth-order valence-corrected chi connectivity index (χ4v) is 2.52. The topological polar surface area (TPSA) is 54.9 Å². The minimum Gasteiger partial charge on any atom is -0.466 e. The van der Waals surface area contributed by atoms with Crippen LogP contribution in [-0.2, 0) is 9.53 Å². The molecule has 0 amide bonds. The van der Waals surface area contributed by atoms with Crippen molar-refractivity contribution in [2.75, 3.05) is 19.7 Å². The molecule has 0 aromatic carbocycles.